The minimum absolute atomic E-state index is 0.0626. The van der Waals surface area contributed by atoms with Gasteiger partial charge in [0.15, 0.2) is 5.82 Å². The average molecular weight is 527 g/mol. The van der Waals surface area contributed by atoms with E-state index in [1.54, 1.807) is 17.0 Å². The van der Waals surface area contributed by atoms with Gasteiger partial charge >= 0.3 is 12.2 Å². The van der Waals surface area contributed by atoms with E-state index in [-0.39, 0.29) is 35.8 Å². The Morgan fingerprint density at radius 1 is 1.08 bits per heavy atom. The van der Waals surface area contributed by atoms with Crippen LogP contribution in [0.25, 0.3) is 0 Å². The fourth-order valence-electron chi connectivity index (χ4n) is 5.57. The summed E-state index contributed by atoms with van der Waals surface area (Å²) >= 11 is 0. The molecule has 3 aliphatic heterocycles. The monoisotopic (exact) mass is 526 g/mol. The van der Waals surface area contributed by atoms with Gasteiger partial charge in [-0.3, -0.25) is 9.62 Å². The molecule has 13 heteroatoms. The molecule has 0 bridgehead atoms. The Hall–Kier alpha value is -2.80. The van der Waals surface area contributed by atoms with Crippen LogP contribution in [0.2, 0.25) is 0 Å². The molecule has 2 aromatic rings. The van der Waals surface area contributed by atoms with E-state index >= 15 is 0 Å². The number of halogens is 3. The van der Waals surface area contributed by atoms with Crippen molar-refractivity contribution in [1.82, 2.24) is 19.6 Å². The number of hydrogen-bond acceptors (Lipinski definition) is 6. The van der Waals surface area contributed by atoms with Gasteiger partial charge in [0.05, 0.1) is 11.8 Å². The predicted molar refractivity (Wildman–Crippen MR) is 128 cm³/mol. The van der Waals surface area contributed by atoms with E-state index in [9.17, 15) is 26.4 Å². The van der Waals surface area contributed by atoms with E-state index < -0.39 is 21.8 Å². The first kappa shape index (κ1) is 24.9. The fourth-order valence-corrected chi connectivity index (χ4v) is 6.06. The molecule has 4 heterocycles. The molecule has 0 spiro atoms. The maximum Gasteiger partial charge on any atom is 0.416 e. The van der Waals surface area contributed by atoms with Crippen LogP contribution in [-0.2, 0) is 22.7 Å². The van der Waals surface area contributed by atoms with Crippen molar-refractivity contribution in [2.24, 2.45) is 11.8 Å². The Labute approximate surface area is 207 Å². The lowest BCUT2D eigenvalue weighted by Crippen LogP contribution is -2.36. The number of carbonyl (C=O) groups is 1. The van der Waals surface area contributed by atoms with Crippen molar-refractivity contribution >= 4 is 27.6 Å². The second kappa shape index (κ2) is 9.25. The third-order valence-electron chi connectivity index (χ3n) is 7.17. The predicted octanol–water partition coefficient (Wildman–Crippen LogP) is 2.91. The molecule has 36 heavy (non-hydrogen) atoms. The molecule has 1 amide bonds. The highest BCUT2D eigenvalue weighted by atomic mass is 32.2. The molecule has 5 rings (SSSR count). The largest absolute Gasteiger partial charge is 0.416 e. The average Bonchev–Trinajstić information content (AvgIpc) is 3.56. The van der Waals surface area contributed by atoms with Crippen molar-refractivity contribution in [3.8, 4) is 0 Å². The molecule has 2 atom stereocenters. The smallest absolute Gasteiger partial charge is 0.372 e. The molecule has 2 unspecified atom stereocenters. The fraction of sp³-hybridized carbons (Fsp3) is 0.565. The van der Waals surface area contributed by atoms with Crippen LogP contribution in [-0.4, -0.2) is 79.6 Å². The summed E-state index contributed by atoms with van der Waals surface area (Å²) in [5, 5.41) is 3.99. The van der Waals surface area contributed by atoms with Crippen LogP contribution in [0.5, 0.6) is 0 Å². The Morgan fingerprint density at radius 2 is 1.75 bits per heavy atom. The molecule has 0 aliphatic carbocycles. The molecule has 0 saturated carbocycles. The molecule has 9 nitrogen and oxygen atoms in total. The number of rotatable bonds is 5. The minimum Gasteiger partial charge on any atom is -0.372 e. The summed E-state index contributed by atoms with van der Waals surface area (Å²) in [6.45, 7) is 3.98. The standard InChI is InChI=1S/C23H29F3N6O3S/c1-36(34,35)28-21-6-9-32(27-21)22(33)31-14-17-12-29(13-18(17)15-31)11-16-4-5-19(30-7-2-3-8-30)10-20(16)23(24,25)26/h4-6,9-10,17-18H,2-3,7-8,11-15H2,1H3,(H,27,28). The van der Waals surface area contributed by atoms with Gasteiger partial charge in [-0.15, -0.1) is 5.10 Å². The molecule has 3 aliphatic rings. The first-order chi connectivity index (χ1) is 17.0. The number of carbonyl (C=O) groups excluding carboxylic acids is 1. The van der Waals surface area contributed by atoms with Crippen molar-refractivity contribution in [3.05, 3.63) is 41.6 Å². The number of nitrogens with one attached hydrogen (secondary N) is 1. The second-order valence-corrected chi connectivity index (χ2v) is 11.7. The van der Waals surface area contributed by atoms with E-state index in [0.29, 0.717) is 31.9 Å². The molecular weight excluding hydrogens is 497 g/mol. The van der Waals surface area contributed by atoms with E-state index in [2.05, 4.69) is 9.82 Å². The number of fused-ring (bicyclic) bond motifs is 1. The molecule has 1 aromatic carbocycles. The highest BCUT2D eigenvalue weighted by Crippen LogP contribution is 2.38. The number of likely N-dealkylation sites (tertiary alicyclic amines) is 2. The van der Waals surface area contributed by atoms with E-state index in [4.69, 9.17) is 0 Å². The third kappa shape index (κ3) is 5.31. The zero-order valence-electron chi connectivity index (χ0n) is 19.9. The maximum absolute atomic E-state index is 13.9. The summed E-state index contributed by atoms with van der Waals surface area (Å²) < 4.78 is 67.7. The number of benzene rings is 1. The number of alkyl halides is 3. The summed E-state index contributed by atoms with van der Waals surface area (Å²) in [6.07, 6.45) is -0.0173. The molecular formula is C23H29F3N6O3S. The van der Waals surface area contributed by atoms with Crippen molar-refractivity contribution in [2.45, 2.75) is 25.6 Å². The molecule has 0 radical (unpaired) electrons. The van der Waals surface area contributed by atoms with Crippen LogP contribution in [0.3, 0.4) is 0 Å². The highest BCUT2D eigenvalue weighted by Gasteiger charge is 2.43. The minimum atomic E-state index is -4.42. The zero-order chi connectivity index (χ0) is 25.7. The van der Waals surface area contributed by atoms with E-state index in [1.165, 1.54) is 18.3 Å². The molecule has 1 aromatic heterocycles. The Bertz CT molecular complexity index is 1230. The molecule has 196 valence electrons. The van der Waals surface area contributed by atoms with Crippen LogP contribution in [0.15, 0.2) is 30.5 Å². The van der Waals surface area contributed by atoms with Gasteiger partial charge in [0.1, 0.15) is 0 Å². The maximum atomic E-state index is 13.9. The summed E-state index contributed by atoms with van der Waals surface area (Å²) in [5.74, 6) is 0.389. The third-order valence-corrected chi connectivity index (χ3v) is 7.75. The topological polar surface area (TPSA) is 90.8 Å². The van der Waals surface area contributed by atoms with Crippen molar-refractivity contribution < 1.29 is 26.4 Å². The van der Waals surface area contributed by atoms with Gasteiger partial charge in [-0.25, -0.2) is 13.2 Å². The normalized spacial score (nSPS) is 22.9. The van der Waals surface area contributed by atoms with Crippen LogP contribution in [0.4, 0.5) is 29.5 Å². The Kier molecular flexibility index (Phi) is 6.39. The highest BCUT2D eigenvalue weighted by molar-refractivity contribution is 7.92. The van der Waals surface area contributed by atoms with Crippen LogP contribution in [0, 0.1) is 11.8 Å². The van der Waals surface area contributed by atoms with Crippen LogP contribution >= 0.6 is 0 Å². The van der Waals surface area contributed by atoms with Gasteiger partial charge in [-0.05, 0) is 42.4 Å². The summed E-state index contributed by atoms with van der Waals surface area (Å²) in [7, 11) is -3.50. The number of anilines is 2. The van der Waals surface area contributed by atoms with E-state index in [1.807, 2.05) is 9.80 Å². The first-order valence-corrected chi connectivity index (χ1v) is 13.9. The SMILES string of the molecule is CS(=O)(=O)Nc1ccn(C(=O)N2CC3CN(Cc4ccc(N5CCCC5)cc4C(F)(F)F)CC3C2)n1. The van der Waals surface area contributed by atoms with Gasteiger partial charge in [-0.1, -0.05) is 6.07 Å². The quantitative estimate of drug-likeness (QED) is 0.645. The van der Waals surface area contributed by atoms with Gasteiger partial charge in [0.25, 0.3) is 0 Å². The van der Waals surface area contributed by atoms with Crippen molar-refractivity contribution in [3.63, 3.8) is 0 Å². The lowest BCUT2D eigenvalue weighted by atomic mass is 10.0. The van der Waals surface area contributed by atoms with Gasteiger partial charge in [0.2, 0.25) is 10.0 Å². The lowest BCUT2D eigenvalue weighted by molar-refractivity contribution is -0.138. The van der Waals surface area contributed by atoms with Crippen LogP contribution < -0.4 is 9.62 Å². The van der Waals surface area contributed by atoms with Gasteiger partial charge in [0, 0.05) is 63.8 Å². The molecule has 1 N–H and O–H groups in total. The van der Waals surface area contributed by atoms with Crippen molar-refractivity contribution in [2.75, 3.05) is 55.1 Å². The van der Waals surface area contributed by atoms with Gasteiger partial charge < -0.3 is 9.80 Å². The van der Waals surface area contributed by atoms with Crippen LogP contribution in [0.1, 0.15) is 24.0 Å². The molecule has 3 fully saturated rings. The number of aromatic nitrogens is 2. The van der Waals surface area contributed by atoms with Crippen molar-refractivity contribution in [1.29, 1.82) is 0 Å². The summed E-state index contributed by atoms with van der Waals surface area (Å²) in [4.78, 5) is 18.5. The number of hydrogen-bond donors (Lipinski definition) is 1. The van der Waals surface area contributed by atoms with Gasteiger partial charge in [-0.2, -0.15) is 17.9 Å². The first-order valence-electron chi connectivity index (χ1n) is 12.0. The summed E-state index contributed by atoms with van der Waals surface area (Å²) in [6, 6.07) is 5.75. The Balaban J connectivity index is 1.22. The second-order valence-electron chi connectivity index (χ2n) is 9.95. The lowest BCUT2D eigenvalue weighted by Gasteiger charge is -2.24. The molecule has 3 saturated heterocycles. The summed E-state index contributed by atoms with van der Waals surface area (Å²) in [5.41, 5.74) is 0.336. The number of sulfonamides is 1. The Morgan fingerprint density at radius 3 is 2.36 bits per heavy atom. The number of nitrogens with zero attached hydrogens (tertiary/aromatic N) is 5. The number of amides is 1. The van der Waals surface area contributed by atoms with E-state index in [0.717, 1.165) is 36.9 Å². The zero-order valence-corrected chi connectivity index (χ0v) is 20.7.